The first-order chi connectivity index (χ1) is 17.4. The number of allylic oxidation sites excluding steroid dienone is 1. The van der Waals surface area contributed by atoms with Crippen molar-refractivity contribution in [1.82, 2.24) is 19.9 Å². The number of methoxy groups -OCH3 is 1. The maximum Gasteiger partial charge on any atom is 0.223 e. The number of ether oxygens (including phenoxy) is 1. The minimum Gasteiger partial charge on any atom is -0.493 e. The summed E-state index contributed by atoms with van der Waals surface area (Å²) in [7, 11) is 1.54. The lowest BCUT2D eigenvalue weighted by molar-refractivity contribution is -0.127. The summed E-state index contributed by atoms with van der Waals surface area (Å²) in [6, 6.07) is 9.97. The fraction of sp³-hybridized carbons (Fsp3) is 0.269. The third-order valence-electron chi connectivity index (χ3n) is 6.37. The molecule has 3 N–H and O–H groups in total. The average molecular weight is 488 g/mol. The van der Waals surface area contributed by atoms with Crippen molar-refractivity contribution in [3.05, 3.63) is 71.4 Å². The third kappa shape index (κ3) is 4.74. The number of pyridine rings is 1. The number of benzene rings is 1. The smallest absolute Gasteiger partial charge is 0.223 e. The van der Waals surface area contributed by atoms with Gasteiger partial charge in [0, 0.05) is 50.4 Å². The lowest BCUT2D eigenvalue weighted by Crippen LogP contribution is -2.30. The van der Waals surface area contributed by atoms with E-state index in [-0.39, 0.29) is 17.8 Å². The summed E-state index contributed by atoms with van der Waals surface area (Å²) in [5, 5.41) is 3.34. The van der Waals surface area contributed by atoms with Crippen molar-refractivity contribution in [1.29, 1.82) is 0 Å². The number of hydrogen-bond donors (Lipinski definition) is 2. The summed E-state index contributed by atoms with van der Waals surface area (Å²) >= 11 is 0. The van der Waals surface area contributed by atoms with Crippen LogP contribution in [0.15, 0.2) is 53.8 Å². The third-order valence-corrected chi connectivity index (χ3v) is 6.37. The van der Waals surface area contributed by atoms with Crippen LogP contribution in [0.1, 0.15) is 36.6 Å². The van der Waals surface area contributed by atoms with E-state index in [9.17, 15) is 9.18 Å². The van der Waals surface area contributed by atoms with Gasteiger partial charge in [-0.15, -0.1) is 0 Å². The number of anilines is 2. The maximum atomic E-state index is 13.5. The number of nitrogens with two attached hydrogens (primary N) is 1. The zero-order valence-electron chi connectivity index (χ0n) is 20.0. The second-order valence-electron chi connectivity index (χ2n) is 8.74. The molecule has 0 aliphatic carbocycles. The molecule has 4 heterocycles. The van der Waals surface area contributed by atoms with Crippen molar-refractivity contribution in [2.24, 2.45) is 4.99 Å². The molecule has 1 amide bonds. The van der Waals surface area contributed by atoms with Gasteiger partial charge in [0.05, 0.1) is 24.2 Å². The number of amides is 1. The van der Waals surface area contributed by atoms with Gasteiger partial charge in [-0.1, -0.05) is 12.1 Å². The van der Waals surface area contributed by atoms with E-state index < -0.39 is 0 Å². The summed E-state index contributed by atoms with van der Waals surface area (Å²) in [5.74, 6) is 0.986. The summed E-state index contributed by atoms with van der Waals surface area (Å²) in [6.45, 7) is 2.89. The molecule has 1 atom stereocenters. The molecule has 0 radical (unpaired) electrons. The molecular weight excluding hydrogens is 461 g/mol. The van der Waals surface area contributed by atoms with E-state index in [1.54, 1.807) is 49.5 Å². The van der Waals surface area contributed by atoms with Gasteiger partial charge < -0.3 is 20.7 Å². The minimum absolute atomic E-state index is 0.0601. The highest BCUT2D eigenvalue weighted by Crippen LogP contribution is 2.38. The number of carbonyl (C=O) groups excluding carboxylic acids is 1. The molecule has 0 spiro atoms. The Kier molecular flexibility index (Phi) is 6.32. The number of hydrogen-bond acceptors (Lipinski definition) is 8. The molecule has 2 aromatic heterocycles. The van der Waals surface area contributed by atoms with Gasteiger partial charge in [0.15, 0.2) is 11.6 Å². The van der Waals surface area contributed by atoms with Gasteiger partial charge in [-0.2, -0.15) is 0 Å². The second kappa shape index (κ2) is 9.73. The maximum absolute atomic E-state index is 13.5. The highest BCUT2D eigenvalue weighted by Gasteiger charge is 2.26. The largest absolute Gasteiger partial charge is 0.493 e. The van der Waals surface area contributed by atoms with Gasteiger partial charge in [0.25, 0.3) is 0 Å². The number of aliphatic imine (C=N–C) groups is 1. The highest BCUT2D eigenvalue weighted by atomic mass is 19.1. The van der Waals surface area contributed by atoms with Gasteiger partial charge in [-0.05, 0) is 41.8 Å². The van der Waals surface area contributed by atoms with E-state index in [4.69, 9.17) is 20.4 Å². The minimum atomic E-state index is -0.306. The Balaban J connectivity index is 1.51. The van der Waals surface area contributed by atoms with Crippen LogP contribution >= 0.6 is 0 Å². The summed E-state index contributed by atoms with van der Waals surface area (Å²) < 4.78 is 18.9. The lowest BCUT2D eigenvalue weighted by atomic mass is 9.98. The Morgan fingerprint density at radius 3 is 2.72 bits per heavy atom. The molecular formula is C26H26FN7O2. The topological polar surface area (TPSA) is 119 Å². The van der Waals surface area contributed by atoms with Crippen LogP contribution in [-0.2, 0) is 4.79 Å². The molecule has 10 heteroatoms. The van der Waals surface area contributed by atoms with Crippen LogP contribution in [0, 0.1) is 5.82 Å². The number of nitrogen functional groups attached to an aromatic ring is 1. The highest BCUT2D eigenvalue weighted by molar-refractivity contribution is 6.16. The van der Waals surface area contributed by atoms with Crippen molar-refractivity contribution < 1.29 is 13.9 Å². The first kappa shape index (κ1) is 23.4. The molecule has 9 nitrogen and oxygen atoms in total. The molecule has 0 unspecified atom stereocenters. The van der Waals surface area contributed by atoms with Gasteiger partial charge in [-0.25, -0.2) is 24.3 Å². The molecule has 0 saturated carbocycles. The Hall–Kier alpha value is -4.34. The van der Waals surface area contributed by atoms with Crippen molar-refractivity contribution in [3.8, 4) is 5.75 Å². The van der Waals surface area contributed by atoms with E-state index >= 15 is 0 Å². The number of rotatable bonds is 6. The van der Waals surface area contributed by atoms with Crippen LogP contribution in [0.3, 0.4) is 0 Å². The molecule has 2 aliphatic heterocycles. The normalized spacial score (nSPS) is 17.4. The Morgan fingerprint density at radius 2 is 2.00 bits per heavy atom. The van der Waals surface area contributed by atoms with Gasteiger partial charge in [0.1, 0.15) is 5.82 Å². The number of likely N-dealkylation sites (tertiary alicyclic amines) is 1. The SMILES string of the molecule is COc1cc(C2=C(c3ccnc(N[C@@H]4CCN(C(C)=O)C4)n3)N=C(c3ccc(F)cc3)C2)cnc1N. The summed E-state index contributed by atoms with van der Waals surface area (Å²) in [4.78, 5) is 31.8. The molecule has 184 valence electrons. The molecule has 2 aliphatic rings. The van der Waals surface area contributed by atoms with Crippen LogP contribution in [0.4, 0.5) is 16.2 Å². The van der Waals surface area contributed by atoms with Crippen molar-refractivity contribution >= 4 is 34.7 Å². The van der Waals surface area contributed by atoms with Crippen LogP contribution in [-0.4, -0.2) is 57.7 Å². The fourth-order valence-corrected chi connectivity index (χ4v) is 4.44. The van der Waals surface area contributed by atoms with E-state index in [0.29, 0.717) is 48.4 Å². The number of carbonyl (C=O) groups is 1. The molecule has 1 fully saturated rings. The number of nitrogens with one attached hydrogen (secondary N) is 1. The number of halogens is 1. The van der Waals surface area contributed by atoms with Gasteiger partial charge in [0.2, 0.25) is 11.9 Å². The summed E-state index contributed by atoms with van der Waals surface area (Å²) in [6.07, 6.45) is 4.69. The second-order valence-corrected chi connectivity index (χ2v) is 8.74. The molecule has 5 rings (SSSR count). The molecule has 3 aromatic rings. The quantitative estimate of drug-likeness (QED) is 0.547. The Labute approximate surface area is 208 Å². The number of nitrogens with zero attached hydrogens (tertiary/aromatic N) is 5. The fourth-order valence-electron chi connectivity index (χ4n) is 4.44. The Morgan fingerprint density at radius 1 is 1.19 bits per heavy atom. The van der Waals surface area contributed by atoms with Crippen LogP contribution in [0.2, 0.25) is 0 Å². The Bertz CT molecular complexity index is 1370. The monoisotopic (exact) mass is 487 g/mol. The predicted octanol–water partition coefficient (Wildman–Crippen LogP) is 3.40. The van der Waals surface area contributed by atoms with E-state index in [2.05, 4.69) is 15.3 Å². The van der Waals surface area contributed by atoms with Crippen molar-refractivity contribution in [2.75, 3.05) is 31.2 Å². The van der Waals surface area contributed by atoms with Crippen molar-refractivity contribution in [3.63, 3.8) is 0 Å². The molecule has 1 saturated heterocycles. The summed E-state index contributed by atoms with van der Waals surface area (Å²) in [5.41, 5.74) is 10.6. The van der Waals surface area contributed by atoms with Gasteiger partial charge in [-0.3, -0.25) is 4.79 Å². The van der Waals surface area contributed by atoms with Crippen LogP contribution < -0.4 is 15.8 Å². The standard InChI is InChI=1S/C26H26FN7O2/c1-15(35)34-10-8-19(14-34)31-26-29-9-7-21(33-26)24-20(17-11-23(36-2)25(28)30-13-17)12-22(32-24)16-3-5-18(27)6-4-16/h3-7,9,11,13,19H,8,10,12,14H2,1-2H3,(H2,28,30)(H,29,31,33)/t19-/m1/s1. The molecule has 36 heavy (non-hydrogen) atoms. The van der Waals surface area contributed by atoms with E-state index in [1.165, 1.54) is 12.1 Å². The zero-order chi connectivity index (χ0) is 25.2. The van der Waals surface area contributed by atoms with E-state index in [0.717, 1.165) is 28.8 Å². The molecule has 1 aromatic carbocycles. The van der Waals surface area contributed by atoms with Crippen LogP contribution in [0.5, 0.6) is 5.75 Å². The van der Waals surface area contributed by atoms with Crippen LogP contribution in [0.25, 0.3) is 11.3 Å². The lowest BCUT2D eigenvalue weighted by Gasteiger charge is -2.15. The first-order valence-electron chi connectivity index (χ1n) is 11.6. The predicted molar refractivity (Wildman–Crippen MR) is 136 cm³/mol. The first-order valence-corrected chi connectivity index (χ1v) is 11.6. The van der Waals surface area contributed by atoms with Gasteiger partial charge >= 0.3 is 0 Å². The van der Waals surface area contributed by atoms with E-state index in [1.807, 2.05) is 6.07 Å². The molecule has 0 bridgehead atoms. The zero-order valence-corrected chi connectivity index (χ0v) is 20.0. The van der Waals surface area contributed by atoms with Crippen molar-refractivity contribution in [2.45, 2.75) is 25.8 Å². The number of aromatic nitrogens is 3. The average Bonchev–Trinajstić information content (AvgIpc) is 3.53.